The molecule has 0 saturated carbocycles. The summed E-state index contributed by atoms with van der Waals surface area (Å²) in [6, 6.07) is 0. The molecule has 0 aromatic carbocycles. The second-order valence-corrected chi connectivity index (χ2v) is 5.91. The van der Waals surface area contributed by atoms with Crippen molar-refractivity contribution in [2.75, 3.05) is 0 Å². The van der Waals surface area contributed by atoms with Crippen LogP contribution in [0.2, 0.25) is 0 Å². The highest BCUT2D eigenvalue weighted by molar-refractivity contribution is 9.28. The van der Waals surface area contributed by atoms with Crippen LogP contribution in [0.25, 0.3) is 0 Å². The number of carbonyl (C=O) groups excluding carboxylic acids is 1. The van der Waals surface area contributed by atoms with Crippen molar-refractivity contribution in [1.82, 2.24) is 0 Å². The fourth-order valence-electron chi connectivity index (χ4n) is 1.51. The maximum atomic E-state index is 11.0. The molecule has 1 heterocycles. The first-order valence-corrected chi connectivity index (χ1v) is 5.94. The Bertz CT molecular complexity index is 222. The van der Waals surface area contributed by atoms with E-state index in [4.69, 9.17) is 4.74 Å². The molecule has 2 nitrogen and oxygen atoms in total. The van der Waals surface area contributed by atoms with E-state index in [1.165, 1.54) is 0 Å². The number of cyclic esters (lactones) is 1. The van der Waals surface area contributed by atoms with E-state index in [2.05, 4.69) is 38.8 Å². The van der Waals surface area contributed by atoms with Gasteiger partial charge in [-0.2, -0.15) is 0 Å². The lowest BCUT2D eigenvalue weighted by Gasteiger charge is -2.12. The molecule has 0 spiro atoms. The molecule has 0 unspecified atom stereocenters. The molecule has 1 saturated heterocycles. The Balaban J connectivity index is 2.60. The standard InChI is InChI=1S/C9H12Br2O2/c1-2-3-7-6(4-8(10)11)5-9(12)13-7/h4,6-7H,2-3,5H2,1H3/t6-,7+/m1/s1. The summed E-state index contributed by atoms with van der Waals surface area (Å²) in [6.07, 6.45) is 4.56. The summed E-state index contributed by atoms with van der Waals surface area (Å²) in [6.45, 7) is 2.09. The van der Waals surface area contributed by atoms with Crippen molar-refractivity contribution in [3.05, 3.63) is 9.47 Å². The van der Waals surface area contributed by atoms with Crippen LogP contribution < -0.4 is 0 Å². The molecule has 0 N–H and O–H groups in total. The van der Waals surface area contributed by atoms with Crippen molar-refractivity contribution in [2.45, 2.75) is 32.3 Å². The third-order valence-corrected chi connectivity index (χ3v) is 2.60. The van der Waals surface area contributed by atoms with Crippen LogP contribution in [0.5, 0.6) is 0 Å². The van der Waals surface area contributed by atoms with Gasteiger partial charge in [0, 0.05) is 5.92 Å². The van der Waals surface area contributed by atoms with E-state index in [0.29, 0.717) is 6.42 Å². The average molecular weight is 312 g/mol. The molecule has 0 bridgehead atoms. The van der Waals surface area contributed by atoms with Crippen molar-refractivity contribution in [3.8, 4) is 0 Å². The van der Waals surface area contributed by atoms with Crippen molar-refractivity contribution in [2.24, 2.45) is 5.92 Å². The van der Waals surface area contributed by atoms with E-state index in [9.17, 15) is 4.79 Å². The van der Waals surface area contributed by atoms with Gasteiger partial charge in [-0.3, -0.25) is 4.79 Å². The number of rotatable bonds is 3. The molecular weight excluding hydrogens is 300 g/mol. The van der Waals surface area contributed by atoms with Gasteiger partial charge in [-0.15, -0.1) is 0 Å². The molecule has 4 heteroatoms. The van der Waals surface area contributed by atoms with Gasteiger partial charge < -0.3 is 4.74 Å². The molecule has 0 aromatic rings. The van der Waals surface area contributed by atoms with Gasteiger partial charge in [-0.25, -0.2) is 0 Å². The van der Waals surface area contributed by atoms with E-state index in [1.807, 2.05) is 6.08 Å². The SMILES string of the molecule is CCC[C@@H]1OC(=O)C[C@H]1C=C(Br)Br. The molecule has 0 amide bonds. The van der Waals surface area contributed by atoms with Crippen LogP contribution in [0.15, 0.2) is 9.47 Å². The van der Waals surface area contributed by atoms with Crippen LogP contribution in [0.3, 0.4) is 0 Å². The highest BCUT2D eigenvalue weighted by Gasteiger charge is 2.32. The molecule has 1 rings (SSSR count). The zero-order chi connectivity index (χ0) is 9.84. The van der Waals surface area contributed by atoms with Gasteiger partial charge in [0.25, 0.3) is 0 Å². The van der Waals surface area contributed by atoms with Gasteiger partial charge in [0.1, 0.15) is 6.10 Å². The third-order valence-electron chi connectivity index (χ3n) is 2.08. The Hall–Kier alpha value is 0.170. The Morgan fingerprint density at radius 3 is 2.92 bits per heavy atom. The van der Waals surface area contributed by atoms with E-state index in [1.54, 1.807) is 0 Å². The molecule has 2 atom stereocenters. The Labute approximate surface area is 95.0 Å². The van der Waals surface area contributed by atoms with Gasteiger partial charge in [0.2, 0.25) is 0 Å². The predicted octanol–water partition coefficient (Wildman–Crippen LogP) is 3.35. The van der Waals surface area contributed by atoms with Crippen molar-refractivity contribution in [1.29, 1.82) is 0 Å². The third kappa shape index (κ3) is 3.43. The number of carbonyl (C=O) groups is 1. The number of hydrogen-bond donors (Lipinski definition) is 0. The number of hydrogen-bond acceptors (Lipinski definition) is 2. The molecule has 1 aliphatic rings. The Kier molecular flexibility index (Phi) is 4.46. The maximum Gasteiger partial charge on any atom is 0.306 e. The minimum Gasteiger partial charge on any atom is -0.462 e. The monoisotopic (exact) mass is 310 g/mol. The van der Waals surface area contributed by atoms with Gasteiger partial charge in [0.15, 0.2) is 0 Å². The zero-order valence-electron chi connectivity index (χ0n) is 7.43. The second kappa shape index (κ2) is 5.15. The molecule has 74 valence electrons. The predicted molar refractivity (Wildman–Crippen MR) is 58.8 cm³/mol. The highest BCUT2D eigenvalue weighted by atomic mass is 79.9. The fourth-order valence-corrected chi connectivity index (χ4v) is 2.19. The van der Waals surface area contributed by atoms with Crippen LogP contribution in [0.1, 0.15) is 26.2 Å². The summed E-state index contributed by atoms with van der Waals surface area (Å²) in [5.41, 5.74) is 0. The second-order valence-electron chi connectivity index (χ2n) is 3.14. The van der Waals surface area contributed by atoms with Gasteiger partial charge in [-0.05, 0) is 38.3 Å². The summed E-state index contributed by atoms with van der Waals surface area (Å²) in [7, 11) is 0. The Morgan fingerprint density at radius 1 is 1.69 bits per heavy atom. The van der Waals surface area contributed by atoms with Gasteiger partial charge >= 0.3 is 5.97 Å². The quantitative estimate of drug-likeness (QED) is 0.747. The van der Waals surface area contributed by atoms with Gasteiger partial charge in [0.05, 0.1) is 9.81 Å². The minimum atomic E-state index is -0.0825. The molecule has 1 fully saturated rings. The summed E-state index contributed by atoms with van der Waals surface area (Å²) in [5, 5.41) is 0. The van der Waals surface area contributed by atoms with Crippen molar-refractivity contribution < 1.29 is 9.53 Å². The molecule has 0 radical (unpaired) electrons. The summed E-state index contributed by atoms with van der Waals surface area (Å²) in [5.74, 6) is 0.141. The van der Waals surface area contributed by atoms with E-state index < -0.39 is 0 Å². The van der Waals surface area contributed by atoms with Crippen molar-refractivity contribution in [3.63, 3.8) is 0 Å². The Morgan fingerprint density at radius 2 is 2.38 bits per heavy atom. The largest absolute Gasteiger partial charge is 0.462 e. The number of ether oxygens (including phenoxy) is 1. The van der Waals surface area contributed by atoms with Crippen LogP contribution >= 0.6 is 31.9 Å². The molecule has 0 aliphatic carbocycles. The zero-order valence-corrected chi connectivity index (χ0v) is 10.6. The van der Waals surface area contributed by atoms with E-state index in [0.717, 1.165) is 16.2 Å². The molecule has 0 aromatic heterocycles. The lowest BCUT2D eigenvalue weighted by molar-refractivity contribution is -0.141. The summed E-state index contributed by atoms with van der Waals surface area (Å²) >= 11 is 6.59. The smallest absolute Gasteiger partial charge is 0.306 e. The highest BCUT2D eigenvalue weighted by Crippen LogP contribution is 2.30. The first kappa shape index (κ1) is 11.2. The summed E-state index contributed by atoms with van der Waals surface area (Å²) in [4.78, 5) is 11.0. The van der Waals surface area contributed by atoms with Gasteiger partial charge in [-0.1, -0.05) is 19.4 Å². The molecular formula is C9H12Br2O2. The first-order valence-electron chi connectivity index (χ1n) is 4.35. The maximum absolute atomic E-state index is 11.0. The van der Waals surface area contributed by atoms with Crippen LogP contribution in [0.4, 0.5) is 0 Å². The first-order chi connectivity index (χ1) is 6.13. The number of esters is 1. The summed E-state index contributed by atoms with van der Waals surface area (Å²) < 4.78 is 6.08. The normalized spacial score (nSPS) is 27.2. The van der Waals surface area contributed by atoms with Crippen molar-refractivity contribution >= 4 is 37.8 Å². The number of halogens is 2. The van der Waals surface area contributed by atoms with Crippen LogP contribution in [-0.4, -0.2) is 12.1 Å². The lowest BCUT2D eigenvalue weighted by Crippen LogP contribution is -2.13. The topological polar surface area (TPSA) is 26.3 Å². The minimum absolute atomic E-state index is 0.0719. The van der Waals surface area contributed by atoms with E-state index >= 15 is 0 Å². The molecule has 13 heavy (non-hydrogen) atoms. The van der Waals surface area contributed by atoms with E-state index in [-0.39, 0.29) is 18.0 Å². The lowest BCUT2D eigenvalue weighted by atomic mass is 9.98. The average Bonchev–Trinajstić information content (AvgIpc) is 2.31. The van der Waals surface area contributed by atoms with Crippen LogP contribution in [-0.2, 0) is 9.53 Å². The van der Waals surface area contributed by atoms with Crippen LogP contribution in [0, 0.1) is 5.92 Å². The molecule has 1 aliphatic heterocycles. The fraction of sp³-hybridized carbons (Fsp3) is 0.667.